The lowest BCUT2D eigenvalue weighted by atomic mass is 10.0. The first-order valence-electron chi connectivity index (χ1n) is 7.80. The van der Waals surface area contributed by atoms with E-state index in [0.717, 1.165) is 46.5 Å². The quantitative estimate of drug-likeness (QED) is 0.588. The fourth-order valence-corrected chi connectivity index (χ4v) is 2.78. The van der Waals surface area contributed by atoms with Gasteiger partial charge in [-0.05, 0) is 48.2 Å². The monoisotopic (exact) mass is 378 g/mol. The Bertz CT molecular complexity index is 641. The highest BCUT2D eigenvalue weighted by molar-refractivity contribution is 9.10. The molecule has 0 aromatic heterocycles. The average Bonchev–Trinajstić information content (AvgIpc) is 2.57. The molecule has 2 aromatic carbocycles. The highest BCUT2D eigenvalue weighted by Crippen LogP contribution is 2.35. The molecule has 0 aliphatic heterocycles. The molecule has 2 rings (SSSR count). The van der Waals surface area contributed by atoms with Crippen LogP contribution >= 0.6 is 15.9 Å². The van der Waals surface area contributed by atoms with Crippen LogP contribution in [0.2, 0.25) is 0 Å². The third-order valence-electron chi connectivity index (χ3n) is 3.62. The van der Waals surface area contributed by atoms with E-state index in [0.29, 0.717) is 6.61 Å². The number of hydrogen-bond acceptors (Lipinski definition) is 3. The molecule has 0 aliphatic carbocycles. The van der Waals surface area contributed by atoms with Crippen molar-refractivity contribution in [3.63, 3.8) is 0 Å². The molecule has 23 heavy (non-hydrogen) atoms. The number of halogens is 1. The summed E-state index contributed by atoms with van der Waals surface area (Å²) in [5.74, 6) is 2.41. The van der Waals surface area contributed by atoms with Crippen LogP contribution < -0.4 is 14.2 Å². The van der Waals surface area contributed by atoms with Crippen molar-refractivity contribution in [1.29, 1.82) is 0 Å². The lowest BCUT2D eigenvalue weighted by Crippen LogP contribution is -2.01. The Kier molecular flexibility index (Phi) is 6.78. The summed E-state index contributed by atoms with van der Waals surface area (Å²) in [6.45, 7) is 2.85. The summed E-state index contributed by atoms with van der Waals surface area (Å²) in [7, 11) is 3.35. The largest absolute Gasteiger partial charge is 0.497 e. The third-order valence-corrected chi connectivity index (χ3v) is 4.36. The summed E-state index contributed by atoms with van der Waals surface area (Å²) in [4.78, 5) is 0. The SMILES string of the molecule is CCCCOc1cc(Cc2cccc(OC)c2)c(Br)cc1OC. The number of hydrogen-bond donors (Lipinski definition) is 0. The van der Waals surface area contributed by atoms with Crippen molar-refractivity contribution in [2.24, 2.45) is 0 Å². The molecule has 2 aromatic rings. The Labute approximate surface area is 146 Å². The first-order valence-corrected chi connectivity index (χ1v) is 8.59. The lowest BCUT2D eigenvalue weighted by Gasteiger charge is -2.14. The molecule has 0 unspecified atom stereocenters. The molecule has 0 saturated heterocycles. The highest BCUT2D eigenvalue weighted by atomic mass is 79.9. The van der Waals surface area contributed by atoms with E-state index in [-0.39, 0.29) is 0 Å². The second-order valence-electron chi connectivity index (χ2n) is 5.32. The number of unbranched alkanes of at least 4 members (excludes halogenated alkanes) is 1. The molecular weight excluding hydrogens is 356 g/mol. The number of rotatable bonds is 8. The molecule has 0 radical (unpaired) electrons. The zero-order chi connectivity index (χ0) is 16.7. The summed E-state index contributed by atoms with van der Waals surface area (Å²) in [6, 6.07) is 12.1. The maximum absolute atomic E-state index is 5.88. The van der Waals surface area contributed by atoms with E-state index < -0.39 is 0 Å². The molecule has 0 heterocycles. The second-order valence-corrected chi connectivity index (χ2v) is 6.18. The molecule has 0 fully saturated rings. The van der Waals surface area contributed by atoms with E-state index in [9.17, 15) is 0 Å². The van der Waals surface area contributed by atoms with E-state index in [1.54, 1.807) is 14.2 Å². The molecule has 0 amide bonds. The number of benzene rings is 2. The Morgan fingerprint density at radius 2 is 1.83 bits per heavy atom. The van der Waals surface area contributed by atoms with Gasteiger partial charge >= 0.3 is 0 Å². The number of ether oxygens (including phenoxy) is 3. The van der Waals surface area contributed by atoms with E-state index in [4.69, 9.17) is 14.2 Å². The van der Waals surface area contributed by atoms with Crippen molar-refractivity contribution in [3.8, 4) is 17.2 Å². The van der Waals surface area contributed by atoms with Gasteiger partial charge in [0.1, 0.15) is 5.75 Å². The normalized spacial score (nSPS) is 10.4. The molecular formula is C19H23BrO3. The van der Waals surface area contributed by atoms with Gasteiger partial charge in [0, 0.05) is 4.47 Å². The van der Waals surface area contributed by atoms with Gasteiger partial charge in [-0.1, -0.05) is 41.4 Å². The van der Waals surface area contributed by atoms with Gasteiger partial charge in [-0.15, -0.1) is 0 Å². The molecule has 0 spiro atoms. The molecule has 0 atom stereocenters. The third kappa shape index (κ3) is 4.90. The summed E-state index contributed by atoms with van der Waals surface area (Å²) in [5.41, 5.74) is 2.35. The Morgan fingerprint density at radius 3 is 2.52 bits per heavy atom. The standard InChI is InChI=1S/C19H23BrO3/c1-4-5-9-23-19-12-15(17(20)13-18(19)22-3)10-14-7-6-8-16(11-14)21-2/h6-8,11-13H,4-5,9-10H2,1-3H3. The van der Waals surface area contributed by atoms with Gasteiger partial charge in [0.15, 0.2) is 11.5 Å². The minimum absolute atomic E-state index is 0.701. The van der Waals surface area contributed by atoms with E-state index in [1.807, 2.05) is 24.3 Å². The molecule has 3 nitrogen and oxygen atoms in total. The molecule has 0 bridgehead atoms. The van der Waals surface area contributed by atoms with E-state index in [1.165, 1.54) is 5.56 Å². The predicted octanol–water partition coefficient (Wildman–Crippen LogP) is 5.24. The van der Waals surface area contributed by atoms with Crippen LogP contribution in [0, 0.1) is 0 Å². The van der Waals surface area contributed by atoms with Crippen molar-refractivity contribution >= 4 is 15.9 Å². The van der Waals surface area contributed by atoms with Gasteiger partial charge in [0.05, 0.1) is 20.8 Å². The zero-order valence-electron chi connectivity index (χ0n) is 13.9. The van der Waals surface area contributed by atoms with Crippen molar-refractivity contribution in [2.75, 3.05) is 20.8 Å². The van der Waals surface area contributed by atoms with Crippen molar-refractivity contribution in [2.45, 2.75) is 26.2 Å². The first kappa shape index (κ1) is 17.7. The summed E-state index contributed by atoms with van der Waals surface area (Å²) >= 11 is 3.63. The Hall–Kier alpha value is -1.68. The van der Waals surface area contributed by atoms with Crippen molar-refractivity contribution in [3.05, 3.63) is 52.0 Å². The van der Waals surface area contributed by atoms with Gasteiger partial charge in [-0.25, -0.2) is 0 Å². The Morgan fingerprint density at radius 1 is 1.00 bits per heavy atom. The van der Waals surface area contributed by atoms with Crippen LogP contribution in [-0.2, 0) is 6.42 Å². The minimum Gasteiger partial charge on any atom is -0.497 e. The maximum atomic E-state index is 5.88. The zero-order valence-corrected chi connectivity index (χ0v) is 15.5. The summed E-state index contributed by atoms with van der Waals surface area (Å²) in [6.07, 6.45) is 2.94. The van der Waals surface area contributed by atoms with Crippen molar-refractivity contribution in [1.82, 2.24) is 0 Å². The van der Waals surface area contributed by atoms with Gasteiger partial charge in [0.2, 0.25) is 0 Å². The van der Waals surface area contributed by atoms with Crippen LogP contribution in [0.5, 0.6) is 17.2 Å². The average molecular weight is 379 g/mol. The topological polar surface area (TPSA) is 27.7 Å². The highest BCUT2D eigenvalue weighted by Gasteiger charge is 2.11. The second kappa shape index (κ2) is 8.82. The van der Waals surface area contributed by atoms with E-state index in [2.05, 4.69) is 35.0 Å². The van der Waals surface area contributed by atoms with Crippen LogP contribution in [-0.4, -0.2) is 20.8 Å². The fourth-order valence-electron chi connectivity index (χ4n) is 2.31. The molecule has 0 aliphatic rings. The summed E-state index contributed by atoms with van der Waals surface area (Å²) in [5, 5.41) is 0. The predicted molar refractivity (Wildman–Crippen MR) is 96.9 cm³/mol. The maximum Gasteiger partial charge on any atom is 0.161 e. The van der Waals surface area contributed by atoms with Crippen molar-refractivity contribution < 1.29 is 14.2 Å². The minimum atomic E-state index is 0.701. The van der Waals surface area contributed by atoms with Gasteiger partial charge in [-0.3, -0.25) is 0 Å². The van der Waals surface area contributed by atoms with Gasteiger partial charge in [-0.2, -0.15) is 0 Å². The van der Waals surface area contributed by atoms with E-state index >= 15 is 0 Å². The summed E-state index contributed by atoms with van der Waals surface area (Å²) < 4.78 is 17.6. The van der Waals surface area contributed by atoms with Crippen LogP contribution in [0.25, 0.3) is 0 Å². The lowest BCUT2D eigenvalue weighted by molar-refractivity contribution is 0.288. The van der Waals surface area contributed by atoms with Crippen LogP contribution in [0.1, 0.15) is 30.9 Å². The van der Waals surface area contributed by atoms with Crippen LogP contribution in [0.3, 0.4) is 0 Å². The van der Waals surface area contributed by atoms with Gasteiger partial charge < -0.3 is 14.2 Å². The molecule has 0 N–H and O–H groups in total. The molecule has 0 saturated carbocycles. The fraction of sp³-hybridized carbons (Fsp3) is 0.368. The molecule has 4 heteroatoms. The van der Waals surface area contributed by atoms with Crippen LogP contribution in [0.15, 0.2) is 40.9 Å². The smallest absolute Gasteiger partial charge is 0.161 e. The van der Waals surface area contributed by atoms with Gasteiger partial charge in [0.25, 0.3) is 0 Å². The Balaban J connectivity index is 2.24. The van der Waals surface area contributed by atoms with Crippen LogP contribution in [0.4, 0.5) is 0 Å². The molecule has 124 valence electrons. The number of methoxy groups -OCH3 is 2. The first-order chi connectivity index (χ1) is 11.2.